The van der Waals surface area contributed by atoms with Crippen LogP contribution in [0.1, 0.15) is 49.4 Å². The van der Waals surface area contributed by atoms with Crippen molar-refractivity contribution in [1.82, 2.24) is 4.90 Å². The maximum atomic E-state index is 13.0. The number of hydrogen-bond donors (Lipinski definition) is 1. The third kappa shape index (κ3) is 3.66. The molecule has 5 heteroatoms. The highest BCUT2D eigenvalue weighted by Gasteiger charge is 2.24. The number of rotatable bonds is 3. The zero-order valence-corrected chi connectivity index (χ0v) is 13.8. The number of amides is 2. The summed E-state index contributed by atoms with van der Waals surface area (Å²) in [5.74, 6) is -0.0194. The smallest absolute Gasteiger partial charge is 0.256 e. The van der Waals surface area contributed by atoms with Crippen LogP contribution in [0.5, 0.6) is 0 Å². The summed E-state index contributed by atoms with van der Waals surface area (Å²) in [4.78, 5) is 28.6. The van der Waals surface area contributed by atoms with Gasteiger partial charge >= 0.3 is 0 Å². The van der Waals surface area contributed by atoms with E-state index in [0.29, 0.717) is 5.69 Å². The van der Waals surface area contributed by atoms with Gasteiger partial charge in [-0.1, -0.05) is 0 Å². The molecule has 2 saturated heterocycles. The Kier molecular flexibility index (Phi) is 4.84. The molecule has 23 heavy (non-hydrogen) atoms. The lowest BCUT2D eigenvalue weighted by Gasteiger charge is -2.29. The van der Waals surface area contributed by atoms with Crippen LogP contribution in [0.15, 0.2) is 18.2 Å². The van der Waals surface area contributed by atoms with E-state index < -0.39 is 0 Å². The Balaban J connectivity index is 1.91. The minimum Gasteiger partial charge on any atom is -0.371 e. The minimum absolute atomic E-state index is 0.0961. The van der Waals surface area contributed by atoms with Crippen LogP contribution >= 0.6 is 0 Å². The second-order valence-electron chi connectivity index (χ2n) is 6.46. The maximum absolute atomic E-state index is 13.0. The number of likely N-dealkylation sites (tertiary alicyclic amines) is 1. The zero-order valence-electron chi connectivity index (χ0n) is 13.8. The molecular formula is C18H25N3O2. The average Bonchev–Trinajstić information content (AvgIpc) is 3.08. The molecule has 0 spiro atoms. The summed E-state index contributed by atoms with van der Waals surface area (Å²) < 4.78 is 0. The van der Waals surface area contributed by atoms with Crippen molar-refractivity contribution in [3.05, 3.63) is 23.8 Å². The highest BCUT2D eigenvalue weighted by Crippen LogP contribution is 2.29. The highest BCUT2D eigenvalue weighted by atomic mass is 16.2. The molecule has 0 radical (unpaired) electrons. The second kappa shape index (κ2) is 7.02. The van der Waals surface area contributed by atoms with E-state index in [4.69, 9.17) is 0 Å². The Bertz CT molecular complexity index is 588. The number of piperidine rings is 1. The van der Waals surface area contributed by atoms with Gasteiger partial charge in [-0.15, -0.1) is 0 Å². The van der Waals surface area contributed by atoms with E-state index >= 15 is 0 Å². The van der Waals surface area contributed by atoms with Crippen LogP contribution in [0.4, 0.5) is 11.4 Å². The van der Waals surface area contributed by atoms with Crippen LogP contribution < -0.4 is 10.2 Å². The summed E-state index contributed by atoms with van der Waals surface area (Å²) in [6.45, 7) is 5.16. The lowest BCUT2D eigenvalue weighted by atomic mass is 10.1. The molecule has 0 aromatic heterocycles. The van der Waals surface area contributed by atoms with Crippen LogP contribution in [0.3, 0.4) is 0 Å². The predicted octanol–water partition coefficient (Wildman–Crippen LogP) is 2.87. The van der Waals surface area contributed by atoms with Gasteiger partial charge in [0.05, 0.1) is 5.56 Å². The molecule has 2 fully saturated rings. The van der Waals surface area contributed by atoms with Crippen LogP contribution in [0.2, 0.25) is 0 Å². The Morgan fingerprint density at radius 3 is 2.26 bits per heavy atom. The van der Waals surface area contributed by atoms with Crippen molar-refractivity contribution in [2.45, 2.75) is 39.0 Å². The first-order chi connectivity index (χ1) is 11.1. The molecule has 0 saturated carbocycles. The van der Waals surface area contributed by atoms with Gasteiger partial charge in [0.1, 0.15) is 0 Å². The SMILES string of the molecule is CC(=O)Nc1ccc(N2CCCC2)c(C(=O)N2CCCCC2)c1. The van der Waals surface area contributed by atoms with Crippen LogP contribution in [0, 0.1) is 0 Å². The highest BCUT2D eigenvalue weighted by molar-refractivity contribution is 6.02. The largest absolute Gasteiger partial charge is 0.371 e. The first-order valence-corrected chi connectivity index (χ1v) is 8.61. The molecule has 3 rings (SSSR count). The molecule has 2 amide bonds. The topological polar surface area (TPSA) is 52.7 Å². The Hall–Kier alpha value is -2.04. The molecule has 2 heterocycles. The predicted molar refractivity (Wildman–Crippen MR) is 91.9 cm³/mol. The molecule has 0 aliphatic carbocycles. The van der Waals surface area contributed by atoms with Gasteiger partial charge in [0, 0.05) is 44.5 Å². The Labute approximate surface area is 137 Å². The fourth-order valence-electron chi connectivity index (χ4n) is 3.49. The van der Waals surface area contributed by atoms with E-state index in [1.807, 2.05) is 23.1 Å². The van der Waals surface area contributed by atoms with Crippen LogP contribution in [0.25, 0.3) is 0 Å². The number of nitrogens with zero attached hydrogens (tertiary/aromatic N) is 2. The van der Waals surface area contributed by atoms with Crippen molar-refractivity contribution in [1.29, 1.82) is 0 Å². The van der Waals surface area contributed by atoms with Crippen molar-refractivity contribution in [3.8, 4) is 0 Å². The van der Waals surface area contributed by atoms with E-state index in [-0.39, 0.29) is 11.8 Å². The standard InChI is InChI=1S/C18H25N3O2/c1-14(22)19-15-7-8-17(20-9-5-6-10-20)16(13-15)18(23)21-11-3-2-4-12-21/h7-8,13H,2-6,9-12H2,1H3,(H,19,22). The van der Waals surface area contributed by atoms with Gasteiger partial charge in [0.25, 0.3) is 5.91 Å². The van der Waals surface area contributed by atoms with Gasteiger partial charge in [-0.05, 0) is 50.3 Å². The number of carbonyl (C=O) groups excluding carboxylic acids is 2. The quantitative estimate of drug-likeness (QED) is 0.933. The summed E-state index contributed by atoms with van der Waals surface area (Å²) in [6, 6.07) is 5.71. The van der Waals surface area contributed by atoms with Crippen LogP contribution in [-0.4, -0.2) is 42.9 Å². The lowest BCUT2D eigenvalue weighted by molar-refractivity contribution is -0.114. The summed E-state index contributed by atoms with van der Waals surface area (Å²) in [7, 11) is 0. The van der Waals surface area contributed by atoms with E-state index in [9.17, 15) is 9.59 Å². The molecule has 0 bridgehead atoms. The Morgan fingerprint density at radius 1 is 0.957 bits per heavy atom. The van der Waals surface area contributed by atoms with Crippen molar-refractivity contribution in [2.75, 3.05) is 36.4 Å². The first kappa shape index (κ1) is 15.8. The number of anilines is 2. The van der Waals surface area contributed by atoms with Gasteiger partial charge in [-0.25, -0.2) is 0 Å². The molecule has 0 unspecified atom stereocenters. The maximum Gasteiger partial charge on any atom is 0.256 e. The fourth-order valence-corrected chi connectivity index (χ4v) is 3.49. The molecule has 1 N–H and O–H groups in total. The van der Waals surface area contributed by atoms with Crippen molar-refractivity contribution >= 4 is 23.2 Å². The molecule has 1 aromatic carbocycles. The molecule has 124 valence electrons. The molecule has 1 aromatic rings. The van der Waals surface area contributed by atoms with Crippen molar-refractivity contribution < 1.29 is 9.59 Å². The first-order valence-electron chi connectivity index (χ1n) is 8.61. The lowest BCUT2D eigenvalue weighted by Crippen LogP contribution is -2.36. The molecule has 2 aliphatic rings. The minimum atomic E-state index is -0.115. The number of nitrogens with one attached hydrogen (secondary N) is 1. The van der Waals surface area contributed by atoms with Gasteiger partial charge < -0.3 is 15.1 Å². The zero-order chi connectivity index (χ0) is 16.2. The Morgan fingerprint density at radius 2 is 1.61 bits per heavy atom. The summed E-state index contributed by atoms with van der Waals surface area (Å²) in [5, 5.41) is 2.79. The summed E-state index contributed by atoms with van der Waals surface area (Å²) in [5.41, 5.74) is 2.42. The van der Waals surface area contributed by atoms with Gasteiger partial charge in [-0.3, -0.25) is 9.59 Å². The van der Waals surface area contributed by atoms with Gasteiger partial charge in [-0.2, -0.15) is 0 Å². The van der Waals surface area contributed by atoms with Crippen molar-refractivity contribution in [2.24, 2.45) is 0 Å². The normalized spacial score (nSPS) is 18.1. The average molecular weight is 315 g/mol. The molecule has 2 aliphatic heterocycles. The number of benzene rings is 1. The summed E-state index contributed by atoms with van der Waals surface area (Å²) in [6.07, 6.45) is 5.70. The van der Waals surface area contributed by atoms with Crippen molar-refractivity contribution in [3.63, 3.8) is 0 Å². The third-order valence-corrected chi connectivity index (χ3v) is 4.64. The second-order valence-corrected chi connectivity index (χ2v) is 6.46. The van der Waals surface area contributed by atoms with E-state index in [1.165, 1.54) is 26.2 Å². The monoisotopic (exact) mass is 315 g/mol. The van der Waals surface area contributed by atoms with Crippen LogP contribution in [-0.2, 0) is 4.79 Å². The molecule has 0 atom stereocenters. The summed E-state index contributed by atoms with van der Waals surface area (Å²) >= 11 is 0. The molecular weight excluding hydrogens is 290 g/mol. The van der Waals surface area contributed by atoms with E-state index in [1.54, 1.807) is 0 Å². The van der Waals surface area contributed by atoms with Gasteiger partial charge in [0.15, 0.2) is 0 Å². The third-order valence-electron chi connectivity index (χ3n) is 4.64. The van der Waals surface area contributed by atoms with E-state index in [2.05, 4.69) is 10.2 Å². The number of hydrogen-bond acceptors (Lipinski definition) is 3. The molecule has 5 nitrogen and oxygen atoms in total. The fraction of sp³-hybridized carbons (Fsp3) is 0.556. The van der Waals surface area contributed by atoms with E-state index in [0.717, 1.165) is 50.3 Å². The number of carbonyl (C=O) groups is 2. The van der Waals surface area contributed by atoms with Gasteiger partial charge in [0.2, 0.25) is 5.91 Å².